The number of nitrogens with two attached hydrogens (primary N) is 1. The lowest BCUT2D eigenvalue weighted by atomic mass is 10.2. The maximum atomic E-state index is 11.7. The highest BCUT2D eigenvalue weighted by Crippen LogP contribution is 2.24. The van der Waals surface area contributed by atoms with Crippen LogP contribution in [0.15, 0.2) is 24.4 Å². The monoisotopic (exact) mass is 286 g/mol. The zero-order valence-corrected chi connectivity index (χ0v) is 10.7. The van der Waals surface area contributed by atoms with Gasteiger partial charge < -0.3 is 10.5 Å². The minimum absolute atomic E-state index is 0.382. The van der Waals surface area contributed by atoms with E-state index in [-0.39, 0.29) is 0 Å². The van der Waals surface area contributed by atoms with Crippen LogP contribution in [-0.2, 0) is 14.0 Å². The molecule has 1 aromatic rings. The molecule has 4 nitrogen and oxygen atoms in total. The van der Waals surface area contributed by atoms with Gasteiger partial charge in [0.15, 0.2) is 0 Å². The van der Waals surface area contributed by atoms with Crippen molar-refractivity contribution in [3.63, 3.8) is 0 Å². The van der Waals surface area contributed by atoms with Gasteiger partial charge in [-0.05, 0) is 34.5 Å². The molecule has 0 fully saturated rings. The Morgan fingerprint density at radius 3 is 2.94 bits per heavy atom. The number of pyridine rings is 1. The largest absolute Gasteiger partial charge is 0.463 e. The van der Waals surface area contributed by atoms with Gasteiger partial charge in [0.25, 0.3) is 0 Å². The number of hydrogen-bond acceptors (Lipinski definition) is 4. The number of unbranched alkanes of at least 4 members (excludes halogenated alkanes) is 1. The second kappa shape index (κ2) is 5.96. The van der Waals surface area contributed by atoms with Gasteiger partial charge in [-0.1, -0.05) is 19.4 Å². The first-order valence-electron chi connectivity index (χ1n) is 5.15. The molecule has 1 unspecified atom stereocenters. The van der Waals surface area contributed by atoms with Crippen LogP contribution in [0.25, 0.3) is 0 Å². The Morgan fingerprint density at radius 1 is 1.62 bits per heavy atom. The number of carbonyl (C=O) groups is 1. The van der Waals surface area contributed by atoms with E-state index in [2.05, 4.69) is 20.9 Å². The number of ether oxygens (including phenoxy) is 1. The summed E-state index contributed by atoms with van der Waals surface area (Å²) in [5.41, 5.74) is 6.28. The maximum Gasteiger partial charge on any atom is 0.343 e. The fourth-order valence-electron chi connectivity index (χ4n) is 1.10. The van der Waals surface area contributed by atoms with E-state index in [0.29, 0.717) is 12.3 Å². The van der Waals surface area contributed by atoms with E-state index in [9.17, 15) is 4.79 Å². The van der Waals surface area contributed by atoms with Crippen LogP contribution >= 0.6 is 15.9 Å². The summed E-state index contributed by atoms with van der Waals surface area (Å²) in [5, 5.41) is 0. The quantitative estimate of drug-likeness (QED) is 0.389. The van der Waals surface area contributed by atoms with Crippen molar-refractivity contribution in [3.8, 4) is 0 Å². The van der Waals surface area contributed by atoms with Gasteiger partial charge in [0.2, 0.25) is 4.45 Å². The molecule has 0 saturated heterocycles. The standard InChI is InChI=1S/C11H15BrN2O2/c1-2-3-8-16-10(15)11(12,13)9-6-4-5-7-14-9/h4-7H,2-3,8,13H2,1H3. The molecule has 0 spiro atoms. The SMILES string of the molecule is CCCCOC(=O)C(N)(Br)c1ccccn1. The average molecular weight is 287 g/mol. The van der Waals surface area contributed by atoms with Gasteiger partial charge in [-0.25, -0.2) is 4.79 Å². The molecule has 88 valence electrons. The molecule has 0 saturated carbocycles. The van der Waals surface area contributed by atoms with Crippen LogP contribution in [0.5, 0.6) is 0 Å². The molecule has 0 aliphatic carbocycles. The van der Waals surface area contributed by atoms with Crippen molar-refractivity contribution in [2.24, 2.45) is 5.73 Å². The molecule has 1 aromatic heterocycles. The Kier molecular flexibility index (Phi) is 4.89. The number of alkyl halides is 1. The number of aromatic nitrogens is 1. The van der Waals surface area contributed by atoms with Crippen molar-refractivity contribution < 1.29 is 9.53 Å². The Hall–Kier alpha value is -0.940. The van der Waals surface area contributed by atoms with Gasteiger partial charge in [0.1, 0.15) is 0 Å². The summed E-state index contributed by atoms with van der Waals surface area (Å²) in [4.78, 5) is 15.7. The molecule has 0 aliphatic rings. The summed E-state index contributed by atoms with van der Waals surface area (Å²) in [7, 11) is 0. The topological polar surface area (TPSA) is 65.2 Å². The first kappa shape index (κ1) is 13.1. The maximum absolute atomic E-state index is 11.7. The molecule has 2 N–H and O–H groups in total. The van der Waals surface area contributed by atoms with Crippen LogP contribution in [0.2, 0.25) is 0 Å². The highest BCUT2D eigenvalue weighted by atomic mass is 79.9. The fourth-order valence-corrected chi connectivity index (χ4v) is 1.45. The molecule has 1 heterocycles. The lowest BCUT2D eigenvalue weighted by Crippen LogP contribution is -2.41. The number of carbonyl (C=O) groups excluding carboxylic acids is 1. The van der Waals surface area contributed by atoms with Gasteiger partial charge in [0, 0.05) is 6.20 Å². The molecule has 0 radical (unpaired) electrons. The van der Waals surface area contributed by atoms with Gasteiger partial charge >= 0.3 is 5.97 Å². The van der Waals surface area contributed by atoms with Crippen LogP contribution in [0.4, 0.5) is 0 Å². The second-order valence-corrected chi connectivity index (χ2v) is 4.67. The first-order chi connectivity index (χ1) is 7.59. The number of hydrogen-bond donors (Lipinski definition) is 1. The molecule has 16 heavy (non-hydrogen) atoms. The minimum Gasteiger partial charge on any atom is -0.463 e. The summed E-state index contributed by atoms with van der Waals surface area (Å²) >= 11 is 3.15. The Bertz CT molecular complexity index is 341. The van der Waals surface area contributed by atoms with Crippen LogP contribution in [0, 0.1) is 0 Å². The third-order valence-corrected chi connectivity index (χ3v) is 2.80. The van der Waals surface area contributed by atoms with Gasteiger partial charge in [-0.15, -0.1) is 0 Å². The molecule has 0 aromatic carbocycles. The Balaban J connectivity index is 2.66. The zero-order valence-electron chi connectivity index (χ0n) is 9.15. The van der Waals surface area contributed by atoms with Crippen LogP contribution in [0.1, 0.15) is 25.5 Å². The lowest BCUT2D eigenvalue weighted by Gasteiger charge is -2.19. The van der Waals surface area contributed by atoms with E-state index in [1.807, 2.05) is 6.92 Å². The van der Waals surface area contributed by atoms with Crippen molar-refractivity contribution in [1.82, 2.24) is 4.98 Å². The number of nitrogens with zero attached hydrogens (tertiary/aromatic N) is 1. The third kappa shape index (κ3) is 3.28. The minimum atomic E-state index is -1.36. The van der Waals surface area contributed by atoms with E-state index in [1.165, 1.54) is 0 Å². The van der Waals surface area contributed by atoms with Crippen LogP contribution in [0.3, 0.4) is 0 Å². The molecule has 5 heteroatoms. The number of rotatable bonds is 5. The van der Waals surface area contributed by atoms with Gasteiger partial charge in [0.05, 0.1) is 12.3 Å². The first-order valence-corrected chi connectivity index (χ1v) is 5.95. The predicted molar refractivity (Wildman–Crippen MR) is 64.9 cm³/mol. The average Bonchev–Trinajstić information content (AvgIpc) is 2.30. The second-order valence-electron chi connectivity index (χ2n) is 3.42. The number of esters is 1. The summed E-state index contributed by atoms with van der Waals surface area (Å²) in [6.07, 6.45) is 3.38. The Morgan fingerprint density at radius 2 is 2.38 bits per heavy atom. The van der Waals surface area contributed by atoms with Crippen molar-refractivity contribution in [2.45, 2.75) is 24.2 Å². The van der Waals surface area contributed by atoms with Crippen molar-refractivity contribution >= 4 is 21.9 Å². The molecule has 0 aliphatic heterocycles. The summed E-state index contributed by atoms with van der Waals surface area (Å²) in [6.45, 7) is 2.41. The van der Waals surface area contributed by atoms with Crippen molar-refractivity contribution in [3.05, 3.63) is 30.1 Å². The highest BCUT2D eigenvalue weighted by molar-refractivity contribution is 9.10. The van der Waals surface area contributed by atoms with Gasteiger partial charge in [-0.3, -0.25) is 4.98 Å². The van der Waals surface area contributed by atoms with Crippen molar-refractivity contribution in [1.29, 1.82) is 0 Å². The Labute approximate surface area is 103 Å². The summed E-state index contributed by atoms with van der Waals surface area (Å²) in [5.74, 6) is -0.514. The van der Waals surface area contributed by atoms with E-state index in [0.717, 1.165) is 12.8 Å². The molecular formula is C11H15BrN2O2. The molecule has 1 atom stereocenters. The van der Waals surface area contributed by atoms with Crippen LogP contribution < -0.4 is 5.73 Å². The zero-order chi connectivity index (χ0) is 12.0. The van der Waals surface area contributed by atoms with Crippen molar-refractivity contribution in [2.75, 3.05) is 6.61 Å². The van der Waals surface area contributed by atoms with E-state index in [4.69, 9.17) is 10.5 Å². The fraction of sp³-hybridized carbons (Fsp3) is 0.455. The normalized spacial score (nSPS) is 14.2. The number of halogens is 1. The predicted octanol–water partition coefficient (Wildman–Crippen LogP) is 1.93. The van der Waals surface area contributed by atoms with Gasteiger partial charge in [-0.2, -0.15) is 0 Å². The van der Waals surface area contributed by atoms with Crippen LogP contribution in [-0.4, -0.2) is 17.6 Å². The van der Waals surface area contributed by atoms with E-state index >= 15 is 0 Å². The summed E-state index contributed by atoms with van der Waals surface area (Å²) in [6, 6.07) is 5.20. The lowest BCUT2D eigenvalue weighted by molar-refractivity contribution is -0.146. The molecular weight excluding hydrogens is 272 g/mol. The molecule has 0 amide bonds. The molecule has 0 bridgehead atoms. The van der Waals surface area contributed by atoms with E-state index < -0.39 is 10.4 Å². The van der Waals surface area contributed by atoms with E-state index in [1.54, 1.807) is 24.4 Å². The smallest absolute Gasteiger partial charge is 0.343 e. The highest BCUT2D eigenvalue weighted by Gasteiger charge is 2.36. The summed E-state index contributed by atoms with van der Waals surface area (Å²) < 4.78 is 3.69. The molecule has 1 rings (SSSR count). The third-order valence-electron chi connectivity index (χ3n) is 2.07.